The molecule has 1 heterocycles. The maximum absolute atomic E-state index is 7.51. The fraction of sp³-hybridized carbons (Fsp3) is 0.250. The smallest absolute Gasteiger partial charge is 0.196 e. The first-order chi connectivity index (χ1) is 8.08. The molecule has 17 heavy (non-hydrogen) atoms. The van der Waals surface area contributed by atoms with Crippen LogP contribution in [0, 0.1) is 12.3 Å². The van der Waals surface area contributed by atoms with Crippen LogP contribution in [0.15, 0.2) is 29.0 Å². The van der Waals surface area contributed by atoms with E-state index in [2.05, 4.69) is 45.1 Å². The third-order valence-electron chi connectivity index (χ3n) is 2.54. The van der Waals surface area contributed by atoms with Gasteiger partial charge in [-0.2, -0.15) is 4.98 Å². The second-order valence-electron chi connectivity index (χ2n) is 3.91. The number of aromatic nitrogens is 3. The van der Waals surface area contributed by atoms with Gasteiger partial charge >= 0.3 is 0 Å². The highest BCUT2D eigenvalue weighted by atomic mass is 79.9. The van der Waals surface area contributed by atoms with Gasteiger partial charge in [0.25, 0.3) is 0 Å². The molecule has 0 saturated heterocycles. The van der Waals surface area contributed by atoms with Crippen molar-refractivity contribution in [1.82, 2.24) is 14.8 Å². The standard InChI is InChI=1S/C12H13BrN4/c1-8-5-3-4-6-10(8)7-17-12(13)15-11(16-17)9(2)14/h3-6,14H,7H2,1-2H3. The normalized spacial score (nSPS) is 10.5. The first kappa shape index (κ1) is 12.0. The van der Waals surface area contributed by atoms with E-state index in [1.165, 1.54) is 11.1 Å². The van der Waals surface area contributed by atoms with Crippen molar-refractivity contribution < 1.29 is 0 Å². The number of nitrogens with zero attached hydrogens (tertiary/aromatic N) is 3. The molecule has 0 aliphatic heterocycles. The minimum atomic E-state index is 0.370. The molecule has 0 atom stereocenters. The van der Waals surface area contributed by atoms with Gasteiger partial charge in [-0.05, 0) is 40.9 Å². The van der Waals surface area contributed by atoms with Gasteiger partial charge in [0.1, 0.15) is 0 Å². The van der Waals surface area contributed by atoms with E-state index >= 15 is 0 Å². The lowest BCUT2D eigenvalue weighted by molar-refractivity contribution is 0.664. The number of halogens is 1. The summed E-state index contributed by atoms with van der Waals surface area (Å²) in [5, 5.41) is 11.8. The lowest BCUT2D eigenvalue weighted by Gasteiger charge is -2.05. The number of nitrogens with one attached hydrogen (secondary N) is 1. The zero-order valence-corrected chi connectivity index (χ0v) is 11.3. The summed E-state index contributed by atoms with van der Waals surface area (Å²) in [7, 11) is 0. The molecule has 0 radical (unpaired) electrons. The molecule has 2 aromatic rings. The van der Waals surface area contributed by atoms with Gasteiger partial charge in [-0.1, -0.05) is 24.3 Å². The number of benzene rings is 1. The van der Waals surface area contributed by atoms with E-state index < -0.39 is 0 Å². The highest BCUT2D eigenvalue weighted by molar-refractivity contribution is 9.10. The number of hydrogen-bond donors (Lipinski definition) is 1. The van der Waals surface area contributed by atoms with Crippen molar-refractivity contribution in [3.8, 4) is 0 Å². The molecule has 0 unspecified atom stereocenters. The Morgan fingerprint density at radius 2 is 2.12 bits per heavy atom. The minimum absolute atomic E-state index is 0.370. The summed E-state index contributed by atoms with van der Waals surface area (Å²) in [6, 6.07) is 8.17. The summed E-state index contributed by atoms with van der Waals surface area (Å²) in [5.74, 6) is 0.463. The van der Waals surface area contributed by atoms with Crippen LogP contribution in [0.3, 0.4) is 0 Å². The van der Waals surface area contributed by atoms with Gasteiger partial charge in [-0.25, -0.2) is 4.68 Å². The molecule has 1 aromatic carbocycles. The lowest BCUT2D eigenvalue weighted by Crippen LogP contribution is -2.05. The molecule has 0 aliphatic rings. The van der Waals surface area contributed by atoms with Crippen LogP contribution in [0.5, 0.6) is 0 Å². The highest BCUT2D eigenvalue weighted by Crippen LogP contribution is 2.13. The summed E-state index contributed by atoms with van der Waals surface area (Å²) in [4.78, 5) is 4.18. The third-order valence-corrected chi connectivity index (χ3v) is 3.13. The lowest BCUT2D eigenvalue weighted by atomic mass is 10.1. The molecule has 1 aromatic heterocycles. The van der Waals surface area contributed by atoms with Crippen LogP contribution in [0.25, 0.3) is 0 Å². The van der Waals surface area contributed by atoms with Crippen molar-refractivity contribution in [2.24, 2.45) is 0 Å². The van der Waals surface area contributed by atoms with E-state index in [1.54, 1.807) is 11.6 Å². The fourth-order valence-electron chi connectivity index (χ4n) is 1.53. The predicted molar refractivity (Wildman–Crippen MR) is 70.5 cm³/mol. The molecule has 5 heteroatoms. The molecule has 2 rings (SSSR count). The maximum atomic E-state index is 7.51. The average Bonchev–Trinajstić information content (AvgIpc) is 2.64. The van der Waals surface area contributed by atoms with Gasteiger partial charge in [-0.15, -0.1) is 5.10 Å². The Labute approximate surface area is 108 Å². The Morgan fingerprint density at radius 3 is 2.71 bits per heavy atom. The molecule has 0 bridgehead atoms. The van der Waals surface area contributed by atoms with E-state index in [-0.39, 0.29) is 0 Å². The van der Waals surface area contributed by atoms with E-state index in [0.717, 1.165) is 0 Å². The van der Waals surface area contributed by atoms with Gasteiger partial charge in [-0.3, -0.25) is 0 Å². The molecule has 0 amide bonds. The van der Waals surface area contributed by atoms with Crippen molar-refractivity contribution in [3.63, 3.8) is 0 Å². The van der Waals surface area contributed by atoms with Gasteiger partial charge in [0.2, 0.25) is 0 Å². The van der Waals surface area contributed by atoms with E-state index in [9.17, 15) is 0 Å². The van der Waals surface area contributed by atoms with Crippen molar-refractivity contribution in [1.29, 1.82) is 5.41 Å². The summed E-state index contributed by atoms with van der Waals surface area (Å²) in [6.45, 7) is 4.41. The summed E-state index contributed by atoms with van der Waals surface area (Å²) in [5.41, 5.74) is 2.80. The van der Waals surface area contributed by atoms with Gasteiger partial charge in [0.15, 0.2) is 10.6 Å². The molecule has 0 aliphatic carbocycles. The molecular weight excluding hydrogens is 280 g/mol. The van der Waals surface area contributed by atoms with Crippen LogP contribution >= 0.6 is 15.9 Å². The molecule has 0 spiro atoms. The van der Waals surface area contributed by atoms with Crippen LogP contribution in [-0.4, -0.2) is 20.5 Å². The first-order valence-corrected chi connectivity index (χ1v) is 6.07. The van der Waals surface area contributed by atoms with Crippen molar-refractivity contribution in [3.05, 3.63) is 46.0 Å². The Morgan fingerprint density at radius 1 is 1.41 bits per heavy atom. The molecule has 1 N–H and O–H groups in total. The minimum Gasteiger partial charge on any atom is -0.302 e. The zero-order valence-electron chi connectivity index (χ0n) is 9.74. The van der Waals surface area contributed by atoms with Crippen LogP contribution in [0.4, 0.5) is 0 Å². The number of rotatable bonds is 3. The fourth-order valence-corrected chi connectivity index (χ4v) is 1.90. The SMILES string of the molecule is CC(=N)c1nc(Br)n(Cc2ccccc2C)n1. The number of hydrogen-bond acceptors (Lipinski definition) is 3. The Kier molecular flexibility index (Phi) is 3.38. The Balaban J connectivity index is 2.30. The Bertz CT molecular complexity index is 559. The van der Waals surface area contributed by atoms with Crippen molar-refractivity contribution >= 4 is 21.6 Å². The largest absolute Gasteiger partial charge is 0.302 e. The maximum Gasteiger partial charge on any atom is 0.196 e. The average molecular weight is 293 g/mol. The van der Waals surface area contributed by atoms with Crippen molar-refractivity contribution in [2.45, 2.75) is 20.4 Å². The zero-order chi connectivity index (χ0) is 12.4. The van der Waals surface area contributed by atoms with Gasteiger partial charge < -0.3 is 5.41 Å². The third kappa shape index (κ3) is 2.61. The second-order valence-corrected chi connectivity index (χ2v) is 4.62. The summed E-state index contributed by atoms with van der Waals surface area (Å²) < 4.78 is 2.41. The van der Waals surface area contributed by atoms with E-state index in [4.69, 9.17) is 5.41 Å². The van der Waals surface area contributed by atoms with E-state index in [0.29, 0.717) is 22.8 Å². The monoisotopic (exact) mass is 292 g/mol. The molecular formula is C12H13BrN4. The van der Waals surface area contributed by atoms with Crippen molar-refractivity contribution in [2.75, 3.05) is 0 Å². The Hall–Kier alpha value is -1.49. The summed E-state index contributed by atoms with van der Waals surface area (Å²) in [6.07, 6.45) is 0. The second kappa shape index (κ2) is 4.79. The number of aryl methyl sites for hydroxylation is 1. The predicted octanol–water partition coefficient (Wildman–Crippen LogP) is 2.79. The highest BCUT2D eigenvalue weighted by Gasteiger charge is 2.09. The molecule has 4 nitrogen and oxygen atoms in total. The molecule has 0 saturated carbocycles. The van der Waals surface area contributed by atoms with Crippen LogP contribution < -0.4 is 0 Å². The van der Waals surface area contributed by atoms with E-state index in [1.807, 2.05) is 12.1 Å². The van der Waals surface area contributed by atoms with Crippen LogP contribution in [-0.2, 0) is 6.54 Å². The first-order valence-electron chi connectivity index (χ1n) is 5.28. The quantitative estimate of drug-likeness (QED) is 0.885. The molecule has 0 fully saturated rings. The van der Waals surface area contributed by atoms with Crippen LogP contribution in [0.2, 0.25) is 0 Å². The van der Waals surface area contributed by atoms with Gasteiger partial charge in [0, 0.05) is 0 Å². The molecule has 88 valence electrons. The van der Waals surface area contributed by atoms with Crippen LogP contribution in [0.1, 0.15) is 23.9 Å². The summed E-state index contributed by atoms with van der Waals surface area (Å²) >= 11 is 3.36. The van der Waals surface area contributed by atoms with Gasteiger partial charge in [0.05, 0.1) is 12.3 Å². The topological polar surface area (TPSA) is 54.6 Å².